The molecule has 0 saturated heterocycles. The fraction of sp³-hybridized carbons (Fsp3) is 0.385. The van der Waals surface area contributed by atoms with Gasteiger partial charge in [-0.15, -0.1) is 0 Å². The number of nitrogens with zero attached hydrogens (tertiary/aromatic N) is 3. The predicted molar refractivity (Wildman–Crippen MR) is 130 cm³/mol. The second kappa shape index (κ2) is 9.31. The lowest BCUT2D eigenvalue weighted by molar-refractivity contribution is -0.138. The van der Waals surface area contributed by atoms with E-state index >= 15 is 0 Å². The molecule has 35 heavy (non-hydrogen) atoms. The van der Waals surface area contributed by atoms with Gasteiger partial charge in [-0.1, -0.05) is 35.9 Å². The first-order valence-corrected chi connectivity index (χ1v) is 11.7. The van der Waals surface area contributed by atoms with Gasteiger partial charge >= 0.3 is 0 Å². The van der Waals surface area contributed by atoms with Crippen LogP contribution in [-0.4, -0.2) is 52.3 Å². The summed E-state index contributed by atoms with van der Waals surface area (Å²) in [4.78, 5) is 42.0. The Morgan fingerprint density at radius 2 is 2.03 bits per heavy atom. The van der Waals surface area contributed by atoms with Crippen molar-refractivity contribution in [3.8, 4) is 6.07 Å². The van der Waals surface area contributed by atoms with Crippen LogP contribution in [0, 0.1) is 11.3 Å². The maximum Gasteiger partial charge on any atom is 0.255 e. The van der Waals surface area contributed by atoms with Crippen molar-refractivity contribution in [1.82, 2.24) is 9.80 Å². The summed E-state index contributed by atoms with van der Waals surface area (Å²) in [5, 5.41) is 13.1. The Labute approximate surface area is 208 Å². The highest BCUT2D eigenvalue weighted by molar-refractivity contribution is 6.31. The molecule has 0 aromatic heterocycles. The molecule has 0 saturated carbocycles. The number of hydrogen-bond acceptors (Lipinski definition) is 4. The summed E-state index contributed by atoms with van der Waals surface area (Å²) in [6.07, 6.45) is -0.161. The van der Waals surface area contributed by atoms with Gasteiger partial charge in [0.15, 0.2) is 0 Å². The van der Waals surface area contributed by atoms with Crippen molar-refractivity contribution in [1.29, 1.82) is 5.26 Å². The van der Waals surface area contributed by atoms with Gasteiger partial charge in [0.05, 0.1) is 12.0 Å². The van der Waals surface area contributed by atoms with Crippen molar-refractivity contribution in [3.05, 3.63) is 64.2 Å². The Morgan fingerprint density at radius 3 is 2.71 bits per heavy atom. The molecule has 9 heteroatoms. The van der Waals surface area contributed by atoms with Crippen molar-refractivity contribution in [2.75, 3.05) is 12.4 Å². The number of likely N-dealkylation sites (N-methyl/N-ethyl adjacent to an activating group) is 1. The van der Waals surface area contributed by atoms with Gasteiger partial charge in [-0.3, -0.25) is 14.4 Å². The van der Waals surface area contributed by atoms with E-state index in [4.69, 9.17) is 11.6 Å². The third-order valence-electron chi connectivity index (χ3n) is 6.58. The third-order valence-corrected chi connectivity index (χ3v) is 6.81. The second-order valence-electron chi connectivity index (χ2n) is 9.63. The SMILES string of the molecule is CN(C(=O)[C@H](CC(C)(C)F)N1Cc2ccc(Cl)cc2C1=O)[C@H](C#N)C[C@H]1C(=O)Nc2ccccc21. The lowest BCUT2D eigenvalue weighted by atomic mass is 9.92. The van der Waals surface area contributed by atoms with Gasteiger partial charge in [0.25, 0.3) is 5.91 Å². The molecule has 7 nitrogen and oxygen atoms in total. The van der Waals surface area contributed by atoms with Crippen LogP contribution in [0.2, 0.25) is 5.02 Å². The number of nitrogens with one attached hydrogen (secondary N) is 1. The zero-order valence-electron chi connectivity index (χ0n) is 19.7. The van der Waals surface area contributed by atoms with Crippen molar-refractivity contribution >= 4 is 35.0 Å². The van der Waals surface area contributed by atoms with Gasteiger partial charge < -0.3 is 15.1 Å². The molecule has 2 aliphatic heterocycles. The molecule has 0 spiro atoms. The minimum absolute atomic E-state index is 0.0805. The van der Waals surface area contributed by atoms with Crippen LogP contribution in [0.15, 0.2) is 42.5 Å². The molecule has 0 radical (unpaired) electrons. The highest BCUT2D eigenvalue weighted by atomic mass is 35.5. The first-order valence-electron chi connectivity index (χ1n) is 11.3. The maximum atomic E-state index is 14.8. The average Bonchev–Trinajstić information content (AvgIpc) is 3.30. The number of anilines is 1. The second-order valence-corrected chi connectivity index (χ2v) is 10.1. The van der Waals surface area contributed by atoms with E-state index in [-0.39, 0.29) is 25.3 Å². The summed E-state index contributed by atoms with van der Waals surface area (Å²) < 4.78 is 14.8. The highest BCUT2D eigenvalue weighted by Gasteiger charge is 2.42. The van der Waals surface area contributed by atoms with Crippen LogP contribution < -0.4 is 5.32 Å². The molecule has 3 atom stereocenters. The first-order chi connectivity index (χ1) is 16.5. The average molecular weight is 497 g/mol. The van der Waals surface area contributed by atoms with E-state index in [1.165, 1.54) is 30.7 Å². The molecule has 0 unspecified atom stereocenters. The van der Waals surface area contributed by atoms with Crippen LogP contribution in [0.4, 0.5) is 10.1 Å². The van der Waals surface area contributed by atoms with E-state index in [2.05, 4.69) is 11.4 Å². The number of benzene rings is 2. The van der Waals surface area contributed by atoms with E-state index in [0.717, 1.165) is 5.56 Å². The van der Waals surface area contributed by atoms with Crippen molar-refractivity contribution < 1.29 is 18.8 Å². The number of fused-ring (bicyclic) bond motifs is 2. The smallest absolute Gasteiger partial charge is 0.255 e. The Hall–Kier alpha value is -3.44. The van der Waals surface area contributed by atoms with E-state index < -0.39 is 35.5 Å². The zero-order chi connectivity index (χ0) is 25.5. The van der Waals surface area contributed by atoms with E-state index in [0.29, 0.717) is 21.8 Å². The summed E-state index contributed by atoms with van der Waals surface area (Å²) >= 11 is 6.05. The monoisotopic (exact) mass is 496 g/mol. The summed E-state index contributed by atoms with van der Waals surface area (Å²) in [5.74, 6) is -1.80. The third kappa shape index (κ3) is 4.87. The lowest BCUT2D eigenvalue weighted by Gasteiger charge is -2.35. The Morgan fingerprint density at radius 1 is 1.31 bits per heavy atom. The molecule has 4 rings (SSSR count). The first kappa shape index (κ1) is 24.7. The molecule has 2 heterocycles. The summed E-state index contributed by atoms with van der Waals surface area (Å²) in [6, 6.07) is 12.2. The van der Waals surface area contributed by atoms with Crippen LogP contribution in [0.1, 0.15) is 54.1 Å². The quantitative estimate of drug-likeness (QED) is 0.619. The van der Waals surface area contributed by atoms with Gasteiger partial charge in [-0.25, -0.2) is 4.39 Å². The molecule has 182 valence electrons. The molecule has 3 amide bonds. The number of carbonyl (C=O) groups is 3. The summed E-state index contributed by atoms with van der Waals surface area (Å²) in [5.41, 5.74) is 0.782. The largest absolute Gasteiger partial charge is 0.328 e. The highest BCUT2D eigenvalue weighted by Crippen LogP contribution is 2.36. The standard InChI is InChI=1S/C26H26ClFN4O3/c1-26(2,28)12-22(32-14-15-8-9-16(27)10-19(15)24(32)34)25(35)31(3)17(13-29)11-20-18-6-4-5-7-21(18)30-23(20)33/h4-10,17,20,22H,11-12,14H2,1-3H3,(H,30,33)/t17-,20+,22-/m0/s1. The molecule has 0 aliphatic carbocycles. The van der Waals surface area contributed by atoms with Gasteiger partial charge in [0.2, 0.25) is 11.8 Å². The molecule has 0 bridgehead atoms. The number of rotatable bonds is 7. The number of para-hydroxylation sites is 1. The number of nitriles is 1. The van der Waals surface area contributed by atoms with Gasteiger partial charge in [0, 0.05) is 36.3 Å². The van der Waals surface area contributed by atoms with Crippen LogP contribution in [0.5, 0.6) is 0 Å². The normalized spacial score (nSPS) is 18.4. The molecular weight excluding hydrogens is 471 g/mol. The molecule has 0 fully saturated rings. The van der Waals surface area contributed by atoms with Crippen molar-refractivity contribution in [2.45, 2.75) is 56.9 Å². The van der Waals surface area contributed by atoms with Crippen LogP contribution in [0.3, 0.4) is 0 Å². The number of amides is 3. The number of carbonyl (C=O) groups excluding carboxylic acids is 3. The number of hydrogen-bond donors (Lipinski definition) is 1. The fourth-order valence-corrected chi connectivity index (χ4v) is 4.93. The molecular formula is C26H26ClFN4O3. The van der Waals surface area contributed by atoms with Crippen LogP contribution >= 0.6 is 11.6 Å². The zero-order valence-corrected chi connectivity index (χ0v) is 20.5. The van der Waals surface area contributed by atoms with E-state index in [9.17, 15) is 24.0 Å². The summed E-state index contributed by atoms with van der Waals surface area (Å²) in [6.45, 7) is 2.83. The Bertz CT molecular complexity index is 1240. The van der Waals surface area contributed by atoms with E-state index in [1.807, 2.05) is 12.1 Å². The number of halogens is 2. The predicted octanol–water partition coefficient (Wildman–Crippen LogP) is 4.28. The molecule has 2 aromatic carbocycles. The molecule has 2 aliphatic rings. The minimum atomic E-state index is -1.75. The van der Waals surface area contributed by atoms with Gasteiger partial charge in [-0.2, -0.15) is 5.26 Å². The summed E-state index contributed by atoms with van der Waals surface area (Å²) in [7, 11) is 1.46. The lowest BCUT2D eigenvalue weighted by Crippen LogP contribution is -2.52. The van der Waals surface area contributed by atoms with Crippen molar-refractivity contribution in [2.24, 2.45) is 0 Å². The Kier molecular flexibility index (Phi) is 6.56. The topological polar surface area (TPSA) is 93.5 Å². The van der Waals surface area contributed by atoms with Crippen molar-refractivity contribution in [3.63, 3.8) is 0 Å². The maximum absolute atomic E-state index is 14.8. The van der Waals surface area contributed by atoms with Gasteiger partial charge in [0.1, 0.15) is 17.8 Å². The number of alkyl halides is 1. The van der Waals surface area contributed by atoms with Crippen LogP contribution in [-0.2, 0) is 16.1 Å². The Balaban J connectivity index is 1.59. The van der Waals surface area contributed by atoms with E-state index in [1.54, 1.807) is 30.3 Å². The molecule has 2 aromatic rings. The molecule has 1 N–H and O–H groups in total. The van der Waals surface area contributed by atoms with Gasteiger partial charge in [-0.05, 0) is 49.6 Å². The fourth-order valence-electron chi connectivity index (χ4n) is 4.76. The van der Waals surface area contributed by atoms with Crippen LogP contribution in [0.25, 0.3) is 0 Å². The minimum Gasteiger partial charge on any atom is -0.328 e.